The molecule has 0 bridgehead atoms. The molecule has 0 aliphatic carbocycles. The molecule has 0 heterocycles. The Morgan fingerprint density at radius 2 is 1.71 bits per heavy atom. The second-order valence-electron chi connectivity index (χ2n) is 4.26. The Morgan fingerprint density at radius 3 is 2.33 bits per heavy atom. The zero-order valence-corrected chi connectivity index (χ0v) is 14.6. The van der Waals surface area contributed by atoms with Gasteiger partial charge in [-0.2, -0.15) is 0 Å². The van der Waals surface area contributed by atoms with E-state index in [2.05, 4.69) is 31.9 Å². The van der Waals surface area contributed by atoms with Gasteiger partial charge in [0.1, 0.15) is 16.5 Å². The predicted octanol–water partition coefficient (Wildman–Crippen LogP) is 4.60. The zero-order valence-electron chi connectivity index (χ0n) is 10.6. The van der Waals surface area contributed by atoms with Crippen LogP contribution in [-0.4, -0.2) is 8.42 Å². The lowest BCUT2D eigenvalue weighted by Gasteiger charge is -2.11. The molecule has 21 heavy (non-hydrogen) atoms. The number of hydrogen-bond acceptors (Lipinski definition) is 2. The largest absolute Gasteiger partial charge is 0.277 e. The number of rotatable bonds is 3. The molecule has 0 aliphatic heterocycles. The highest BCUT2D eigenvalue weighted by Crippen LogP contribution is 2.28. The van der Waals surface area contributed by atoms with Crippen LogP contribution in [0, 0.1) is 18.6 Å². The van der Waals surface area contributed by atoms with Crippen molar-refractivity contribution in [3.63, 3.8) is 0 Å². The van der Waals surface area contributed by atoms with Crippen molar-refractivity contribution in [2.45, 2.75) is 11.8 Å². The van der Waals surface area contributed by atoms with Gasteiger partial charge in [0.05, 0.1) is 5.69 Å². The molecule has 3 nitrogen and oxygen atoms in total. The first-order valence-corrected chi connectivity index (χ1v) is 8.71. The molecule has 0 unspecified atom stereocenters. The van der Waals surface area contributed by atoms with E-state index in [1.165, 1.54) is 19.1 Å². The lowest BCUT2D eigenvalue weighted by Crippen LogP contribution is -2.15. The Balaban J connectivity index is 2.45. The van der Waals surface area contributed by atoms with Crippen LogP contribution in [0.25, 0.3) is 0 Å². The van der Waals surface area contributed by atoms with E-state index in [0.717, 1.165) is 12.1 Å². The summed E-state index contributed by atoms with van der Waals surface area (Å²) in [6, 6.07) is 6.17. The average molecular weight is 441 g/mol. The molecule has 0 saturated heterocycles. The van der Waals surface area contributed by atoms with E-state index in [4.69, 9.17) is 0 Å². The summed E-state index contributed by atoms with van der Waals surface area (Å²) in [5.74, 6) is -1.53. The molecule has 112 valence electrons. The number of nitrogens with one attached hydrogen (secondary N) is 1. The third-order valence-corrected chi connectivity index (χ3v) is 5.51. The van der Waals surface area contributed by atoms with Gasteiger partial charge in [-0.15, -0.1) is 0 Å². The van der Waals surface area contributed by atoms with Crippen LogP contribution < -0.4 is 4.72 Å². The molecule has 0 saturated carbocycles. The van der Waals surface area contributed by atoms with Crippen molar-refractivity contribution in [2.24, 2.45) is 0 Å². The fourth-order valence-corrected chi connectivity index (χ4v) is 4.42. The lowest BCUT2D eigenvalue weighted by molar-refractivity contribution is 0.590. The number of sulfonamides is 1. The first-order chi connectivity index (χ1) is 9.70. The van der Waals surface area contributed by atoms with E-state index >= 15 is 0 Å². The Labute approximate surface area is 137 Å². The van der Waals surface area contributed by atoms with Crippen molar-refractivity contribution >= 4 is 47.6 Å². The molecule has 0 amide bonds. The minimum absolute atomic E-state index is 0.0777. The molecular formula is C13H9Br2F2NO2S. The van der Waals surface area contributed by atoms with Crippen molar-refractivity contribution < 1.29 is 17.2 Å². The van der Waals surface area contributed by atoms with Gasteiger partial charge in [-0.3, -0.25) is 4.72 Å². The van der Waals surface area contributed by atoms with E-state index in [1.54, 1.807) is 6.07 Å². The maximum absolute atomic E-state index is 13.7. The van der Waals surface area contributed by atoms with E-state index in [9.17, 15) is 17.2 Å². The summed E-state index contributed by atoms with van der Waals surface area (Å²) in [5.41, 5.74) is -0.340. The molecular weight excluding hydrogens is 432 g/mol. The normalized spacial score (nSPS) is 11.5. The molecule has 0 atom stereocenters. The molecule has 1 N–H and O–H groups in total. The molecule has 0 aliphatic rings. The average Bonchev–Trinajstić information content (AvgIpc) is 2.35. The highest BCUT2D eigenvalue weighted by Gasteiger charge is 2.20. The Hall–Kier alpha value is -0.990. The van der Waals surface area contributed by atoms with Crippen LogP contribution >= 0.6 is 31.9 Å². The van der Waals surface area contributed by atoms with Crippen LogP contribution in [-0.2, 0) is 10.0 Å². The monoisotopic (exact) mass is 439 g/mol. The van der Waals surface area contributed by atoms with Gasteiger partial charge >= 0.3 is 0 Å². The van der Waals surface area contributed by atoms with Gasteiger partial charge in [0, 0.05) is 15.0 Å². The van der Waals surface area contributed by atoms with Crippen LogP contribution in [0.1, 0.15) is 5.56 Å². The van der Waals surface area contributed by atoms with E-state index < -0.39 is 27.3 Å². The van der Waals surface area contributed by atoms with Crippen molar-refractivity contribution in [3.05, 3.63) is 56.5 Å². The molecule has 2 rings (SSSR count). The van der Waals surface area contributed by atoms with Gasteiger partial charge in [0.2, 0.25) is 0 Å². The standard InChI is InChI=1S/C13H9Br2F2NO2S/c1-7-4-11(17)12(6-10(7)16)18-21(19,20)13-3-2-8(14)5-9(13)15/h2-6,18H,1H3. The lowest BCUT2D eigenvalue weighted by atomic mass is 10.2. The predicted molar refractivity (Wildman–Crippen MR) is 83.7 cm³/mol. The van der Waals surface area contributed by atoms with E-state index in [0.29, 0.717) is 8.95 Å². The summed E-state index contributed by atoms with van der Waals surface area (Å²) >= 11 is 6.33. The third-order valence-electron chi connectivity index (χ3n) is 2.68. The smallest absolute Gasteiger partial charge is 0.263 e. The molecule has 2 aromatic rings. The summed E-state index contributed by atoms with van der Waals surface area (Å²) in [7, 11) is -4.04. The zero-order chi connectivity index (χ0) is 15.8. The summed E-state index contributed by atoms with van der Waals surface area (Å²) in [6.45, 7) is 1.39. The van der Waals surface area contributed by atoms with E-state index in [-0.39, 0.29) is 10.5 Å². The van der Waals surface area contributed by atoms with Gasteiger partial charge in [0.25, 0.3) is 10.0 Å². The Bertz CT molecular complexity index is 810. The van der Waals surface area contributed by atoms with Gasteiger partial charge < -0.3 is 0 Å². The first kappa shape index (κ1) is 16.4. The van der Waals surface area contributed by atoms with Gasteiger partial charge in [-0.25, -0.2) is 17.2 Å². The highest BCUT2D eigenvalue weighted by molar-refractivity contribution is 9.11. The number of anilines is 1. The van der Waals surface area contributed by atoms with Crippen LogP contribution in [0.5, 0.6) is 0 Å². The summed E-state index contributed by atoms with van der Waals surface area (Å²) in [4.78, 5) is -0.0777. The van der Waals surface area contributed by atoms with Crippen molar-refractivity contribution in [1.82, 2.24) is 0 Å². The highest BCUT2D eigenvalue weighted by atomic mass is 79.9. The van der Waals surface area contributed by atoms with Gasteiger partial charge in [-0.1, -0.05) is 15.9 Å². The second-order valence-corrected chi connectivity index (χ2v) is 7.68. The van der Waals surface area contributed by atoms with Gasteiger partial charge in [0.15, 0.2) is 0 Å². The van der Waals surface area contributed by atoms with Crippen LogP contribution in [0.15, 0.2) is 44.2 Å². The van der Waals surface area contributed by atoms with E-state index in [1.807, 2.05) is 4.72 Å². The number of hydrogen-bond donors (Lipinski definition) is 1. The third kappa shape index (κ3) is 3.61. The maximum Gasteiger partial charge on any atom is 0.263 e. The fourth-order valence-electron chi connectivity index (χ4n) is 1.62. The number of halogens is 4. The minimum Gasteiger partial charge on any atom is -0.277 e. The summed E-state index contributed by atoms with van der Waals surface area (Å²) in [6.07, 6.45) is 0. The molecule has 2 aromatic carbocycles. The Morgan fingerprint density at radius 1 is 1.05 bits per heavy atom. The van der Waals surface area contributed by atoms with Crippen LogP contribution in [0.3, 0.4) is 0 Å². The molecule has 0 spiro atoms. The first-order valence-electron chi connectivity index (χ1n) is 5.64. The molecule has 8 heteroatoms. The maximum atomic E-state index is 13.7. The topological polar surface area (TPSA) is 46.2 Å². The van der Waals surface area contributed by atoms with Crippen LogP contribution in [0.4, 0.5) is 14.5 Å². The van der Waals surface area contributed by atoms with Crippen molar-refractivity contribution in [1.29, 1.82) is 0 Å². The Kier molecular flexibility index (Phi) is 4.69. The molecule has 0 radical (unpaired) electrons. The second kappa shape index (κ2) is 6.02. The van der Waals surface area contributed by atoms with Gasteiger partial charge in [-0.05, 0) is 52.7 Å². The number of aryl methyl sites for hydroxylation is 1. The molecule has 0 fully saturated rings. The fraction of sp³-hybridized carbons (Fsp3) is 0.0769. The number of benzene rings is 2. The van der Waals surface area contributed by atoms with Crippen molar-refractivity contribution in [2.75, 3.05) is 4.72 Å². The minimum atomic E-state index is -4.04. The summed E-state index contributed by atoms with van der Waals surface area (Å²) < 4.78 is 54.7. The summed E-state index contributed by atoms with van der Waals surface area (Å²) in [5, 5.41) is 0. The SMILES string of the molecule is Cc1cc(F)c(NS(=O)(=O)c2ccc(Br)cc2Br)cc1F. The van der Waals surface area contributed by atoms with Crippen LogP contribution in [0.2, 0.25) is 0 Å². The van der Waals surface area contributed by atoms with Crippen molar-refractivity contribution in [3.8, 4) is 0 Å². The quantitative estimate of drug-likeness (QED) is 0.758. The molecule has 0 aromatic heterocycles.